The van der Waals surface area contributed by atoms with Crippen molar-refractivity contribution in [2.75, 3.05) is 31.3 Å². The van der Waals surface area contributed by atoms with Crippen LogP contribution < -0.4 is 4.90 Å². The molecule has 0 unspecified atom stereocenters. The normalized spacial score (nSPS) is 17.5. The Kier molecular flexibility index (Phi) is 5.46. The van der Waals surface area contributed by atoms with Gasteiger partial charge in [0.25, 0.3) is 0 Å². The number of anilines is 2. The Morgan fingerprint density at radius 1 is 1.08 bits per heavy atom. The van der Waals surface area contributed by atoms with E-state index >= 15 is 0 Å². The zero-order chi connectivity index (χ0) is 16.8. The monoisotopic (exact) mass is 326 g/mol. The zero-order valence-corrected chi connectivity index (χ0v) is 13.5. The topological polar surface area (TPSA) is 53.0 Å². The first-order valence-corrected chi connectivity index (χ1v) is 8.20. The molecular formula is C19H22N2O3. The molecule has 1 fully saturated rings. The highest BCUT2D eigenvalue weighted by Crippen LogP contribution is 2.28. The second-order valence-electron chi connectivity index (χ2n) is 5.72. The van der Waals surface area contributed by atoms with E-state index in [0.717, 1.165) is 11.4 Å². The van der Waals surface area contributed by atoms with Crippen LogP contribution in [0.4, 0.5) is 16.2 Å². The highest BCUT2D eigenvalue weighted by atomic mass is 16.5. The SMILES string of the molecule is O=C(N(c1ccccc1)c1ccccc1)N1CCOC[C@H]1CCO. The van der Waals surface area contributed by atoms with Crippen molar-refractivity contribution in [1.29, 1.82) is 0 Å². The number of urea groups is 1. The summed E-state index contributed by atoms with van der Waals surface area (Å²) in [6, 6.07) is 19.0. The number of carbonyl (C=O) groups is 1. The first-order chi connectivity index (χ1) is 11.8. The number of carbonyl (C=O) groups excluding carboxylic acids is 1. The van der Waals surface area contributed by atoms with Crippen LogP contribution >= 0.6 is 0 Å². The second-order valence-corrected chi connectivity index (χ2v) is 5.72. The lowest BCUT2D eigenvalue weighted by atomic mass is 10.1. The van der Waals surface area contributed by atoms with Crippen LogP contribution in [0.3, 0.4) is 0 Å². The van der Waals surface area contributed by atoms with E-state index in [4.69, 9.17) is 4.74 Å². The van der Waals surface area contributed by atoms with E-state index in [1.807, 2.05) is 60.7 Å². The molecule has 0 saturated carbocycles. The Morgan fingerprint density at radius 3 is 2.21 bits per heavy atom. The molecule has 5 heteroatoms. The molecule has 24 heavy (non-hydrogen) atoms. The summed E-state index contributed by atoms with van der Waals surface area (Å²) in [5.41, 5.74) is 1.64. The summed E-state index contributed by atoms with van der Waals surface area (Å²) >= 11 is 0. The van der Waals surface area contributed by atoms with Crippen LogP contribution in [-0.4, -0.2) is 48.4 Å². The number of para-hydroxylation sites is 2. The maximum atomic E-state index is 13.3. The maximum absolute atomic E-state index is 13.3. The third kappa shape index (κ3) is 3.58. The first-order valence-electron chi connectivity index (χ1n) is 8.20. The van der Waals surface area contributed by atoms with Crippen molar-refractivity contribution in [3.05, 3.63) is 60.7 Å². The van der Waals surface area contributed by atoms with Crippen LogP contribution in [0.15, 0.2) is 60.7 Å². The van der Waals surface area contributed by atoms with Gasteiger partial charge in [-0.2, -0.15) is 0 Å². The average molecular weight is 326 g/mol. The fourth-order valence-electron chi connectivity index (χ4n) is 2.95. The molecule has 126 valence electrons. The molecule has 0 bridgehead atoms. The molecule has 3 rings (SSSR count). The number of aliphatic hydroxyl groups is 1. The van der Waals surface area contributed by atoms with Gasteiger partial charge < -0.3 is 14.7 Å². The summed E-state index contributed by atoms with van der Waals surface area (Å²) in [5, 5.41) is 9.28. The Bertz CT molecular complexity index is 607. The third-order valence-corrected chi connectivity index (χ3v) is 4.16. The average Bonchev–Trinajstić information content (AvgIpc) is 2.64. The van der Waals surface area contributed by atoms with Gasteiger partial charge in [-0.05, 0) is 30.7 Å². The number of hydrogen-bond acceptors (Lipinski definition) is 3. The standard InChI is InChI=1S/C19H22N2O3/c22-13-11-18-15-24-14-12-20(18)19(23)21(16-7-3-1-4-8-16)17-9-5-2-6-10-17/h1-10,18,22H,11-15H2/t18-/m1/s1. The van der Waals surface area contributed by atoms with Gasteiger partial charge in [-0.3, -0.25) is 4.90 Å². The van der Waals surface area contributed by atoms with Crippen LogP contribution in [0.5, 0.6) is 0 Å². The van der Waals surface area contributed by atoms with Gasteiger partial charge in [-0.1, -0.05) is 36.4 Å². The molecule has 2 aromatic rings. The first kappa shape index (κ1) is 16.5. The van der Waals surface area contributed by atoms with Gasteiger partial charge in [0.1, 0.15) is 0 Å². The van der Waals surface area contributed by atoms with Crippen LogP contribution in [0.2, 0.25) is 0 Å². The van der Waals surface area contributed by atoms with Crippen molar-refractivity contribution in [2.24, 2.45) is 0 Å². The Hall–Kier alpha value is -2.37. The van der Waals surface area contributed by atoms with Gasteiger partial charge in [0.05, 0.1) is 30.6 Å². The van der Waals surface area contributed by atoms with Crippen molar-refractivity contribution in [2.45, 2.75) is 12.5 Å². The number of rotatable bonds is 4. The van der Waals surface area contributed by atoms with Gasteiger partial charge in [0.15, 0.2) is 0 Å². The Morgan fingerprint density at radius 2 is 1.67 bits per heavy atom. The van der Waals surface area contributed by atoms with Crippen LogP contribution in [0, 0.1) is 0 Å². The summed E-state index contributed by atoms with van der Waals surface area (Å²) in [4.78, 5) is 16.8. The van der Waals surface area contributed by atoms with E-state index in [1.54, 1.807) is 9.80 Å². The van der Waals surface area contributed by atoms with E-state index < -0.39 is 0 Å². The number of amides is 2. The predicted molar refractivity (Wildman–Crippen MR) is 93.4 cm³/mol. The molecule has 0 radical (unpaired) electrons. The summed E-state index contributed by atoms with van der Waals surface area (Å²) in [6.45, 7) is 1.54. The minimum Gasteiger partial charge on any atom is -0.396 e. The fraction of sp³-hybridized carbons (Fsp3) is 0.316. The summed E-state index contributed by atoms with van der Waals surface area (Å²) < 4.78 is 5.48. The number of hydrogen-bond donors (Lipinski definition) is 1. The molecule has 1 heterocycles. The summed E-state index contributed by atoms with van der Waals surface area (Å²) in [5.74, 6) is 0. The number of ether oxygens (including phenoxy) is 1. The van der Waals surface area contributed by atoms with Crippen molar-refractivity contribution in [3.8, 4) is 0 Å². The molecule has 1 aliphatic rings. The van der Waals surface area contributed by atoms with Crippen LogP contribution in [0.25, 0.3) is 0 Å². The lowest BCUT2D eigenvalue weighted by Crippen LogP contribution is -2.53. The molecule has 0 spiro atoms. The molecule has 0 aliphatic carbocycles. The number of nitrogens with zero attached hydrogens (tertiary/aromatic N) is 2. The minimum atomic E-state index is -0.105. The van der Waals surface area contributed by atoms with Gasteiger partial charge in [0.2, 0.25) is 0 Å². The number of aliphatic hydroxyl groups excluding tert-OH is 1. The van der Waals surface area contributed by atoms with Crippen molar-refractivity contribution in [3.63, 3.8) is 0 Å². The predicted octanol–water partition coefficient (Wildman–Crippen LogP) is 3.03. The highest BCUT2D eigenvalue weighted by Gasteiger charge is 2.31. The van der Waals surface area contributed by atoms with E-state index in [-0.39, 0.29) is 18.7 Å². The lowest BCUT2D eigenvalue weighted by Gasteiger charge is -2.38. The molecule has 0 aromatic heterocycles. The molecule has 1 aliphatic heterocycles. The Balaban J connectivity index is 1.94. The summed E-state index contributed by atoms with van der Waals surface area (Å²) in [7, 11) is 0. The third-order valence-electron chi connectivity index (χ3n) is 4.16. The fourth-order valence-corrected chi connectivity index (χ4v) is 2.95. The van der Waals surface area contributed by atoms with Crippen molar-refractivity contribution < 1.29 is 14.6 Å². The molecule has 2 aromatic carbocycles. The largest absolute Gasteiger partial charge is 0.396 e. The van der Waals surface area contributed by atoms with Crippen molar-refractivity contribution in [1.82, 2.24) is 4.90 Å². The minimum absolute atomic E-state index is 0.0362. The molecule has 1 saturated heterocycles. The van der Waals surface area contributed by atoms with E-state index in [2.05, 4.69) is 0 Å². The smallest absolute Gasteiger partial charge is 0.329 e. The molecule has 5 nitrogen and oxygen atoms in total. The Labute approximate surface area is 142 Å². The quantitative estimate of drug-likeness (QED) is 0.939. The van der Waals surface area contributed by atoms with Gasteiger partial charge in [-0.15, -0.1) is 0 Å². The van der Waals surface area contributed by atoms with Crippen molar-refractivity contribution >= 4 is 17.4 Å². The highest BCUT2D eigenvalue weighted by molar-refractivity contribution is 5.99. The van der Waals surface area contributed by atoms with Gasteiger partial charge in [0, 0.05) is 13.2 Å². The number of morpholine rings is 1. The second kappa shape index (κ2) is 7.95. The zero-order valence-electron chi connectivity index (χ0n) is 13.5. The van der Waals surface area contributed by atoms with E-state index in [0.29, 0.717) is 26.2 Å². The molecular weight excluding hydrogens is 304 g/mol. The molecule has 1 N–H and O–H groups in total. The molecule has 1 atom stereocenters. The lowest BCUT2D eigenvalue weighted by molar-refractivity contribution is 0.00631. The number of benzene rings is 2. The molecule has 2 amide bonds. The van der Waals surface area contributed by atoms with Gasteiger partial charge >= 0.3 is 6.03 Å². The van der Waals surface area contributed by atoms with Crippen LogP contribution in [-0.2, 0) is 4.74 Å². The maximum Gasteiger partial charge on any atom is 0.329 e. The van der Waals surface area contributed by atoms with Gasteiger partial charge in [-0.25, -0.2) is 4.79 Å². The van der Waals surface area contributed by atoms with E-state index in [9.17, 15) is 9.90 Å². The summed E-state index contributed by atoms with van der Waals surface area (Å²) in [6.07, 6.45) is 0.517. The van der Waals surface area contributed by atoms with E-state index in [1.165, 1.54) is 0 Å². The van der Waals surface area contributed by atoms with Crippen LogP contribution in [0.1, 0.15) is 6.42 Å².